The largest absolute Gasteiger partial charge is 0.295 e. The van der Waals surface area contributed by atoms with Crippen molar-refractivity contribution >= 4 is 21.7 Å². The monoisotopic (exact) mass is 346 g/mol. The highest BCUT2D eigenvalue weighted by atomic mass is 32.2. The lowest BCUT2D eigenvalue weighted by atomic mass is 10.1. The van der Waals surface area contributed by atoms with Crippen LogP contribution in [0.15, 0.2) is 30.6 Å². The molecular weight excluding hydrogens is 332 g/mol. The number of hydrogen-bond acceptors (Lipinski definition) is 6. The quantitative estimate of drug-likeness (QED) is 0.813. The standard InChI is InChI=1S/C14H14N6O3S/c15-6-11-7-18-20(12-3-1-2-4-17-12)14(11)19-8-10(5-13(19)21)9-24(16,22)23/h1-4,7,10H,5,8-9H2,(H2,16,22,23). The van der Waals surface area contributed by atoms with E-state index in [0.717, 1.165) is 0 Å². The smallest absolute Gasteiger partial charge is 0.228 e. The lowest BCUT2D eigenvalue weighted by molar-refractivity contribution is -0.117. The number of anilines is 1. The number of hydrogen-bond donors (Lipinski definition) is 1. The van der Waals surface area contributed by atoms with Crippen molar-refractivity contribution in [3.05, 3.63) is 36.2 Å². The molecule has 0 spiro atoms. The molecule has 1 fully saturated rings. The van der Waals surface area contributed by atoms with Gasteiger partial charge in [0, 0.05) is 25.1 Å². The highest BCUT2D eigenvalue weighted by molar-refractivity contribution is 7.89. The maximum atomic E-state index is 12.3. The van der Waals surface area contributed by atoms with Crippen LogP contribution in [0.25, 0.3) is 5.82 Å². The van der Waals surface area contributed by atoms with E-state index in [-0.39, 0.29) is 36.0 Å². The first kappa shape index (κ1) is 16.1. The molecule has 1 aliphatic heterocycles. The Hall–Kier alpha value is -2.77. The number of nitriles is 1. The SMILES string of the molecule is N#Cc1cnn(-c2ccccn2)c1N1CC(CS(N)(=O)=O)CC1=O. The van der Waals surface area contributed by atoms with Gasteiger partial charge >= 0.3 is 0 Å². The van der Waals surface area contributed by atoms with Crippen LogP contribution in [0.1, 0.15) is 12.0 Å². The second-order valence-electron chi connectivity index (χ2n) is 5.50. The summed E-state index contributed by atoms with van der Waals surface area (Å²) in [4.78, 5) is 17.9. The van der Waals surface area contributed by atoms with E-state index >= 15 is 0 Å². The fraction of sp³-hybridized carbons (Fsp3) is 0.286. The zero-order chi connectivity index (χ0) is 17.3. The number of primary sulfonamides is 1. The molecule has 24 heavy (non-hydrogen) atoms. The summed E-state index contributed by atoms with van der Waals surface area (Å²) < 4.78 is 23.9. The van der Waals surface area contributed by atoms with E-state index in [2.05, 4.69) is 10.1 Å². The third-order valence-corrected chi connectivity index (χ3v) is 4.60. The Labute approximate surface area is 138 Å². The Morgan fingerprint density at radius 2 is 2.21 bits per heavy atom. The van der Waals surface area contributed by atoms with Gasteiger partial charge in [0.15, 0.2) is 11.6 Å². The number of sulfonamides is 1. The van der Waals surface area contributed by atoms with Gasteiger partial charge in [-0.25, -0.2) is 18.5 Å². The molecule has 1 aliphatic rings. The number of aromatic nitrogens is 3. The summed E-state index contributed by atoms with van der Waals surface area (Å²) >= 11 is 0. The van der Waals surface area contributed by atoms with Gasteiger partial charge in [0.05, 0.1) is 11.9 Å². The third kappa shape index (κ3) is 3.12. The van der Waals surface area contributed by atoms with Gasteiger partial charge in [0.1, 0.15) is 11.6 Å². The highest BCUT2D eigenvalue weighted by Crippen LogP contribution is 2.29. The molecule has 2 N–H and O–H groups in total. The number of pyridine rings is 1. The maximum Gasteiger partial charge on any atom is 0.228 e. The Kier molecular flexibility index (Phi) is 4.04. The topological polar surface area (TPSA) is 135 Å². The molecule has 1 unspecified atom stereocenters. The van der Waals surface area contributed by atoms with E-state index in [4.69, 9.17) is 5.14 Å². The van der Waals surface area contributed by atoms with E-state index in [1.165, 1.54) is 15.8 Å². The van der Waals surface area contributed by atoms with E-state index in [1.54, 1.807) is 24.4 Å². The minimum atomic E-state index is -3.68. The van der Waals surface area contributed by atoms with Gasteiger partial charge < -0.3 is 0 Å². The molecule has 2 aromatic heterocycles. The van der Waals surface area contributed by atoms with Gasteiger partial charge in [-0.15, -0.1) is 0 Å². The van der Waals surface area contributed by atoms with Crippen LogP contribution < -0.4 is 10.0 Å². The van der Waals surface area contributed by atoms with Crippen molar-refractivity contribution in [2.24, 2.45) is 11.1 Å². The van der Waals surface area contributed by atoms with Crippen LogP contribution in [0.5, 0.6) is 0 Å². The fourth-order valence-electron chi connectivity index (χ4n) is 2.75. The van der Waals surface area contributed by atoms with E-state index < -0.39 is 15.9 Å². The van der Waals surface area contributed by atoms with Crippen LogP contribution in [0, 0.1) is 17.2 Å². The van der Waals surface area contributed by atoms with Crippen molar-refractivity contribution in [3.8, 4) is 11.9 Å². The van der Waals surface area contributed by atoms with Crippen LogP contribution in [0.3, 0.4) is 0 Å². The molecule has 2 aromatic rings. The number of rotatable bonds is 4. The van der Waals surface area contributed by atoms with Crippen LogP contribution >= 0.6 is 0 Å². The minimum absolute atomic E-state index is 0.0503. The summed E-state index contributed by atoms with van der Waals surface area (Å²) in [6, 6.07) is 7.19. The summed E-state index contributed by atoms with van der Waals surface area (Å²) in [6.07, 6.45) is 2.97. The zero-order valence-corrected chi connectivity index (χ0v) is 13.3. The van der Waals surface area contributed by atoms with Crippen LogP contribution in [0.2, 0.25) is 0 Å². The molecule has 9 nitrogen and oxygen atoms in total. The van der Waals surface area contributed by atoms with Crippen LogP contribution in [-0.2, 0) is 14.8 Å². The second kappa shape index (κ2) is 6.03. The van der Waals surface area contributed by atoms with Gasteiger partial charge in [-0.2, -0.15) is 15.0 Å². The van der Waals surface area contributed by atoms with Crippen molar-refractivity contribution in [1.29, 1.82) is 5.26 Å². The van der Waals surface area contributed by atoms with E-state index in [0.29, 0.717) is 5.82 Å². The highest BCUT2D eigenvalue weighted by Gasteiger charge is 2.36. The van der Waals surface area contributed by atoms with Gasteiger partial charge in [-0.05, 0) is 12.1 Å². The maximum absolute atomic E-state index is 12.3. The average molecular weight is 346 g/mol. The van der Waals surface area contributed by atoms with Gasteiger partial charge in [0.25, 0.3) is 0 Å². The molecule has 10 heteroatoms. The Morgan fingerprint density at radius 3 is 2.83 bits per heavy atom. The third-order valence-electron chi connectivity index (χ3n) is 3.66. The van der Waals surface area contributed by atoms with E-state index in [1.807, 2.05) is 6.07 Å². The predicted molar refractivity (Wildman–Crippen MR) is 84.5 cm³/mol. The summed E-state index contributed by atoms with van der Waals surface area (Å²) in [6.45, 7) is 0.155. The average Bonchev–Trinajstić information content (AvgIpc) is 3.09. The summed E-state index contributed by atoms with van der Waals surface area (Å²) in [5, 5.41) is 18.5. The first-order chi connectivity index (χ1) is 11.4. The van der Waals surface area contributed by atoms with Crippen molar-refractivity contribution in [1.82, 2.24) is 14.8 Å². The molecule has 0 radical (unpaired) electrons. The summed E-state index contributed by atoms with van der Waals surface area (Å²) in [7, 11) is -3.68. The molecule has 0 bridgehead atoms. The second-order valence-corrected chi connectivity index (χ2v) is 7.16. The predicted octanol–water partition coefficient (Wildman–Crippen LogP) is -0.220. The first-order valence-corrected chi connectivity index (χ1v) is 8.81. The molecule has 0 aromatic carbocycles. The van der Waals surface area contributed by atoms with Crippen LogP contribution in [0.4, 0.5) is 5.82 Å². The lowest BCUT2D eigenvalue weighted by Crippen LogP contribution is -2.29. The summed E-state index contributed by atoms with van der Waals surface area (Å²) in [5.74, 6) is -0.242. The number of nitrogens with zero attached hydrogens (tertiary/aromatic N) is 5. The molecule has 1 amide bonds. The number of carbonyl (C=O) groups excluding carboxylic acids is 1. The summed E-state index contributed by atoms with van der Waals surface area (Å²) in [5.41, 5.74) is 0.213. The molecule has 0 saturated carbocycles. The number of carbonyl (C=O) groups is 1. The van der Waals surface area contributed by atoms with Gasteiger partial charge in [0.2, 0.25) is 15.9 Å². The van der Waals surface area contributed by atoms with Crippen molar-refractivity contribution < 1.29 is 13.2 Å². The number of nitrogens with two attached hydrogens (primary N) is 1. The van der Waals surface area contributed by atoms with Gasteiger partial charge in [-0.3, -0.25) is 9.69 Å². The molecule has 0 aliphatic carbocycles. The molecular formula is C14H14N6O3S. The molecule has 3 heterocycles. The van der Waals surface area contributed by atoms with E-state index in [9.17, 15) is 18.5 Å². The van der Waals surface area contributed by atoms with Crippen molar-refractivity contribution in [2.45, 2.75) is 6.42 Å². The minimum Gasteiger partial charge on any atom is -0.295 e. The molecule has 3 rings (SSSR count). The Bertz CT molecular complexity index is 916. The molecule has 124 valence electrons. The van der Waals surface area contributed by atoms with Crippen LogP contribution in [-0.4, -0.2) is 41.4 Å². The van der Waals surface area contributed by atoms with Gasteiger partial charge in [-0.1, -0.05) is 6.07 Å². The van der Waals surface area contributed by atoms with Crippen molar-refractivity contribution in [2.75, 3.05) is 17.2 Å². The Morgan fingerprint density at radius 1 is 1.42 bits per heavy atom. The fourth-order valence-corrected chi connectivity index (χ4v) is 3.63. The first-order valence-electron chi connectivity index (χ1n) is 7.09. The van der Waals surface area contributed by atoms with Crippen molar-refractivity contribution in [3.63, 3.8) is 0 Å². The zero-order valence-electron chi connectivity index (χ0n) is 12.5. The number of amides is 1. The molecule has 1 atom stereocenters. The normalized spacial score (nSPS) is 17.9. The lowest BCUT2D eigenvalue weighted by Gasteiger charge is -2.18. The Balaban J connectivity index is 1.99. The molecule has 1 saturated heterocycles.